The van der Waals surface area contributed by atoms with Gasteiger partial charge in [-0.05, 0) is 56.0 Å². The molecule has 0 bridgehead atoms. The summed E-state index contributed by atoms with van der Waals surface area (Å²) in [7, 11) is 3.36. The lowest BCUT2D eigenvalue weighted by molar-refractivity contribution is -0.130. The zero-order chi connectivity index (χ0) is 27.4. The molecule has 2 heterocycles. The number of ether oxygens (including phenoxy) is 3. The Labute approximate surface area is 229 Å². The second-order valence-electron chi connectivity index (χ2n) is 10.7. The minimum absolute atomic E-state index is 0.0180. The van der Waals surface area contributed by atoms with Crippen molar-refractivity contribution in [1.29, 1.82) is 0 Å². The number of amides is 3. The molecule has 9 nitrogen and oxygen atoms in total. The van der Waals surface area contributed by atoms with Crippen molar-refractivity contribution in [2.45, 2.75) is 69.6 Å². The molecule has 2 aromatic rings. The smallest absolute Gasteiger partial charge is 0.257 e. The fraction of sp³-hybridized carbons (Fsp3) is 0.500. The van der Waals surface area contributed by atoms with Gasteiger partial charge >= 0.3 is 0 Å². The van der Waals surface area contributed by atoms with Crippen LogP contribution in [0.3, 0.4) is 0 Å². The van der Waals surface area contributed by atoms with E-state index in [-0.39, 0.29) is 54.9 Å². The van der Waals surface area contributed by atoms with E-state index in [9.17, 15) is 14.4 Å². The zero-order valence-corrected chi connectivity index (χ0v) is 22.6. The van der Waals surface area contributed by atoms with Gasteiger partial charge < -0.3 is 29.7 Å². The summed E-state index contributed by atoms with van der Waals surface area (Å²) in [4.78, 5) is 40.7. The molecule has 0 aromatic heterocycles. The molecule has 0 radical (unpaired) electrons. The number of anilines is 2. The van der Waals surface area contributed by atoms with Crippen molar-refractivity contribution in [3.63, 3.8) is 0 Å². The Balaban J connectivity index is 1.22. The molecule has 3 amide bonds. The molecule has 9 heteroatoms. The van der Waals surface area contributed by atoms with E-state index in [1.165, 1.54) is 6.42 Å². The van der Waals surface area contributed by atoms with Gasteiger partial charge in [-0.15, -0.1) is 0 Å². The fourth-order valence-corrected chi connectivity index (χ4v) is 5.83. The van der Waals surface area contributed by atoms with Gasteiger partial charge in [0, 0.05) is 30.4 Å². The summed E-state index contributed by atoms with van der Waals surface area (Å²) in [6, 6.07) is 12.3. The second-order valence-corrected chi connectivity index (χ2v) is 10.7. The van der Waals surface area contributed by atoms with Gasteiger partial charge in [-0.25, -0.2) is 0 Å². The predicted molar refractivity (Wildman–Crippen MR) is 147 cm³/mol. The number of carbonyl (C=O) groups excluding carboxylic acids is 3. The monoisotopic (exact) mass is 535 g/mol. The maximum atomic E-state index is 13.5. The first-order valence-electron chi connectivity index (χ1n) is 13.9. The third-order valence-electron chi connectivity index (χ3n) is 8.02. The molecule has 3 atom stereocenters. The number of nitrogens with one attached hydrogen (secondary N) is 2. The Morgan fingerprint density at radius 3 is 2.59 bits per heavy atom. The molecule has 1 aliphatic carbocycles. The van der Waals surface area contributed by atoms with Crippen LogP contribution >= 0.6 is 0 Å². The number of nitrogens with zero attached hydrogens (tertiary/aromatic N) is 1. The summed E-state index contributed by atoms with van der Waals surface area (Å²) in [5.74, 6) is 0.859. The lowest BCUT2D eigenvalue weighted by Gasteiger charge is -2.42. The van der Waals surface area contributed by atoms with Crippen molar-refractivity contribution < 1.29 is 28.6 Å². The van der Waals surface area contributed by atoms with E-state index < -0.39 is 0 Å². The van der Waals surface area contributed by atoms with Crippen LogP contribution in [0, 0.1) is 5.92 Å². The van der Waals surface area contributed by atoms with E-state index in [2.05, 4.69) is 10.6 Å². The molecule has 1 saturated heterocycles. The third-order valence-corrected chi connectivity index (χ3v) is 8.02. The van der Waals surface area contributed by atoms with Gasteiger partial charge in [-0.3, -0.25) is 14.4 Å². The van der Waals surface area contributed by atoms with Crippen LogP contribution in [0.4, 0.5) is 11.4 Å². The van der Waals surface area contributed by atoms with Crippen LogP contribution < -0.4 is 20.1 Å². The number of carbonyl (C=O) groups is 3. The quantitative estimate of drug-likeness (QED) is 0.559. The number of hydrogen-bond acceptors (Lipinski definition) is 6. The van der Waals surface area contributed by atoms with Crippen molar-refractivity contribution >= 4 is 29.1 Å². The topological polar surface area (TPSA) is 106 Å². The van der Waals surface area contributed by atoms with Crippen molar-refractivity contribution in [2.75, 3.05) is 31.4 Å². The summed E-state index contributed by atoms with van der Waals surface area (Å²) < 4.78 is 17.6. The lowest BCUT2D eigenvalue weighted by atomic mass is 9.88. The molecule has 1 saturated carbocycles. The number of methoxy groups -OCH3 is 1. The Kier molecular flexibility index (Phi) is 8.35. The molecular weight excluding hydrogens is 498 g/mol. The maximum Gasteiger partial charge on any atom is 0.257 e. The van der Waals surface area contributed by atoms with Gasteiger partial charge in [0.2, 0.25) is 11.8 Å². The van der Waals surface area contributed by atoms with E-state index in [1.54, 1.807) is 43.3 Å². The standard InChI is InChI=1S/C30H37N3O6/c1-33-25-13-12-23(17-28(34)31-20-9-6-10-22(15-20)37-2)39-27(25)18-38-26-14-11-21(16-24(26)30(33)36)32-29(35)19-7-4-3-5-8-19/h6,9-11,14-16,19,23,25,27H,3-5,7-8,12-13,17-18H2,1-2H3,(H,31,34)(H,32,35)/t23-,25+,27+/m1/s1. The van der Waals surface area contributed by atoms with Crippen molar-refractivity contribution in [1.82, 2.24) is 4.90 Å². The lowest BCUT2D eigenvalue weighted by Crippen LogP contribution is -2.53. The molecule has 0 spiro atoms. The van der Waals surface area contributed by atoms with Crippen LogP contribution in [0.2, 0.25) is 0 Å². The molecule has 2 fully saturated rings. The number of hydrogen-bond donors (Lipinski definition) is 2. The van der Waals surface area contributed by atoms with E-state index in [0.717, 1.165) is 25.7 Å². The first-order chi connectivity index (χ1) is 18.9. The van der Waals surface area contributed by atoms with Gasteiger partial charge in [0.15, 0.2) is 0 Å². The van der Waals surface area contributed by atoms with Gasteiger partial charge in [-0.2, -0.15) is 0 Å². The Morgan fingerprint density at radius 1 is 1.00 bits per heavy atom. The fourth-order valence-electron chi connectivity index (χ4n) is 5.83. The molecule has 2 aromatic carbocycles. The number of fused-ring (bicyclic) bond motifs is 2. The van der Waals surface area contributed by atoms with Crippen molar-refractivity contribution in [2.24, 2.45) is 5.92 Å². The first-order valence-corrected chi connectivity index (χ1v) is 13.9. The highest BCUT2D eigenvalue weighted by Crippen LogP contribution is 2.33. The molecule has 2 N–H and O–H groups in total. The number of likely N-dealkylation sites (N-methyl/N-ethyl adjacent to an activating group) is 1. The maximum absolute atomic E-state index is 13.5. The molecular formula is C30H37N3O6. The number of benzene rings is 2. The highest BCUT2D eigenvalue weighted by molar-refractivity contribution is 6.00. The summed E-state index contributed by atoms with van der Waals surface area (Å²) in [5, 5.41) is 5.90. The average Bonchev–Trinajstić information content (AvgIpc) is 2.95. The van der Waals surface area contributed by atoms with Crippen LogP contribution in [0.15, 0.2) is 42.5 Å². The molecule has 5 rings (SSSR count). The number of rotatable bonds is 6. The van der Waals surface area contributed by atoms with Crippen LogP contribution in [0.1, 0.15) is 61.7 Å². The van der Waals surface area contributed by atoms with Gasteiger partial charge in [0.1, 0.15) is 24.2 Å². The first kappa shape index (κ1) is 27.0. The van der Waals surface area contributed by atoms with Gasteiger partial charge in [0.25, 0.3) is 5.91 Å². The summed E-state index contributed by atoms with van der Waals surface area (Å²) in [5.41, 5.74) is 1.70. The third kappa shape index (κ3) is 6.36. The SMILES string of the molecule is COc1cccc(NC(=O)C[C@H]2CC[C@H]3[C@H](COc4ccc(NC(=O)C5CCCCC5)cc4C(=O)N3C)O2)c1. The molecule has 0 unspecified atom stereocenters. The highest BCUT2D eigenvalue weighted by atomic mass is 16.5. The Morgan fingerprint density at radius 2 is 1.79 bits per heavy atom. The molecule has 3 aliphatic rings. The van der Waals surface area contributed by atoms with Crippen molar-refractivity contribution in [3.8, 4) is 11.5 Å². The Bertz CT molecular complexity index is 1210. The van der Waals surface area contributed by atoms with E-state index in [1.807, 2.05) is 18.2 Å². The normalized spacial score (nSPS) is 23.4. The average molecular weight is 536 g/mol. The van der Waals surface area contributed by atoms with Crippen LogP contribution in [0.25, 0.3) is 0 Å². The molecule has 208 valence electrons. The van der Waals surface area contributed by atoms with E-state index in [0.29, 0.717) is 41.3 Å². The second kappa shape index (κ2) is 12.1. The van der Waals surface area contributed by atoms with Crippen molar-refractivity contribution in [3.05, 3.63) is 48.0 Å². The van der Waals surface area contributed by atoms with E-state index >= 15 is 0 Å². The molecule has 39 heavy (non-hydrogen) atoms. The van der Waals surface area contributed by atoms with Gasteiger partial charge in [-0.1, -0.05) is 25.3 Å². The Hall–Kier alpha value is -3.59. The predicted octanol–water partition coefficient (Wildman–Crippen LogP) is 4.62. The summed E-state index contributed by atoms with van der Waals surface area (Å²) >= 11 is 0. The summed E-state index contributed by atoms with van der Waals surface area (Å²) in [6.45, 7) is 0.261. The minimum atomic E-state index is -0.360. The van der Waals surface area contributed by atoms with E-state index in [4.69, 9.17) is 14.2 Å². The zero-order valence-electron chi connectivity index (χ0n) is 22.6. The van der Waals surface area contributed by atoms with Crippen LogP contribution in [-0.4, -0.2) is 61.6 Å². The summed E-state index contributed by atoms with van der Waals surface area (Å²) in [6.07, 6.45) is 6.08. The van der Waals surface area contributed by atoms with Gasteiger partial charge in [0.05, 0.1) is 31.2 Å². The minimum Gasteiger partial charge on any atom is -0.497 e. The van der Waals surface area contributed by atoms with Crippen LogP contribution in [0.5, 0.6) is 11.5 Å². The highest BCUT2D eigenvalue weighted by Gasteiger charge is 2.39. The largest absolute Gasteiger partial charge is 0.497 e. The van der Waals surface area contributed by atoms with Crippen LogP contribution in [-0.2, 0) is 14.3 Å². The molecule has 2 aliphatic heterocycles.